The number of amides is 4. The van der Waals surface area contributed by atoms with E-state index in [1.54, 1.807) is 31.2 Å². The van der Waals surface area contributed by atoms with Crippen LogP contribution in [-0.2, 0) is 50.7 Å². The van der Waals surface area contributed by atoms with E-state index in [4.69, 9.17) is 0 Å². The van der Waals surface area contributed by atoms with E-state index in [0.29, 0.717) is 74.6 Å². The van der Waals surface area contributed by atoms with E-state index in [9.17, 15) is 80.3 Å². The van der Waals surface area contributed by atoms with Crippen LogP contribution in [-0.4, -0.2) is 123 Å². The third-order valence-corrected chi connectivity index (χ3v) is 21.1. The summed E-state index contributed by atoms with van der Waals surface area (Å²) in [5.41, 5.74) is -2.86. The number of hydrogen-bond donors (Lipinski definition) is 4. The molecule has 3 saturated carbocycles. The Morgan fingerprint density at radius 1 is 0.516 bits per heavy atom. The highest BCUT2D eigenvalue weighted by molar-refractivity contribution is 7.89. The molecule has 10 rings (SSSR count). The van der Waals surface area contributed by atoms with Crippen molar-refractivity contribution in [3.8, 4) is 0 Å². The Labute approximate surface area is 549 Å². The van der Waals surface area contributed by atoms with Crippen molar-refractivity contribution in [2.75, 3.05) is 58.9 Å². The summed E-state index contributed by atoms with van der Waals surface area (Å²) in [5, 5.41) is 11.5. The number of aryl methyl sites for hydroxylation is 3. The Bertz CT molecular complexity index is 3460. The van der Waals surface area contributed by atoms with Crippen LogP contribution in [0.2, 0.25) is 0 Å². The van der Waals surface area contributed by atoms with Gasteiger partial charge < -0.3 is 26.2 Å². The van der Waals surface area contributed by atoms with Crippen molar-refractivity contribution >= 4 is 33.7 Å². The van der Waals surface area contributed by atoms with Gasteiger partial charge in [-0.1, -0.05) is 59.7 Å². The van der Waals surface area contributed by atoms with Crippen molar-refractivity contribution in [2.24, 2.45) is 27.6 Å². The van der Waals surface area contributed by atoms with Crippen LogP contribution in [0.3, 0.4) is 0 Å². The predicted molar refractivity (Wildman–Crippen MR) is 337 cm³/mol. The first-order valence-corrected chi connectivity index (χ1v) is 33.3. The number of alkyl halides is 12. The number of likely N-dealkylation sites (tertiary alicyclic amines) is 2. The van der Waals surface area contributed by atoms with Gasteiger partial charge in [-0.2, -0.15) is 57.0 Å². The van der Waals surface area contributed by atoms with Gasteiger partial charge in [0.15, 0.2) is 0 Å². The van der Waals surface area contributed by atoms with Gasteiger partial charge in [-0.25, -0.2) is 8.42 Å². The molecule has 0 aromatic heterocycles. The number of carbonyl (C=O) groups is 4. The van der Waals surface area contributed by atoms with Crippen LogP contribution in [0.25, 0.3) is 0 Å². The van der Waals surface area contributed by atoms with Crippen molar-refractivity contribution in [2.45, 2.75) is 181 Å². The van der Waals surface area contributed by atoms with E-state index >= 15 is 0 Å². The van der Waals surface area contributed by atoms with Gasteiger partial charge in [0.05, 0.1) is 40.1 Å². The first-order chi connectivity index (χ1) is 43.5. The molecule has 526 valence electrons. The number of piperidine rings is 3. The molecule has 26 heteroatoms. The van der Waals surface area contributed by atoms with Gasteiger partial charge in [0.25, 0.3) is 11.8 Å². The van der Waals surface area contributed by atoms with Gasteiger partial charge in [0, 0.05) is 48.9 Å². The number of carbonyl (C=O) groups excluding carboxylic acids is 4. The van der Waals surface area contributed by atoms with Crippen LogP contribution in [0.15, 0.2) is 83.8 Å². The smallest absolute Gasteiger partial charge is 0.355 e. The number of sulfonamides is 1. The van der Waals surface area contributed by atoms with Gasteiger partial charge in [0.2, 0.25) is 21.8 Å². The second kappa shape index (κ2) is 29.1. The Morgan fingerprint density at radius 2 is 0.905 bits per heavy atom. The van der Waals surface area contributed by atoms with Crippen LogP contribution in [0, 0.1) is 48.3 Å². The fraction of sp³-hybridized carbons (Fsp3) is 0.594. The van der Waals surface area contributed by atoms with E-state index in [1.807, 2.05) is 20.8 Å². The van der Waals surface area contributed by atoms with Crippen molar-refractivity contribution in [3.63, 3.8) is 0 Å². The third kappa shape index (κ3) is 20.4. The highest BCUT2D eigenvalue weighted by Crippen LogP contribution is 2.56. The molecule has 3 aliphatic carbocycles. The average molecular weight is 1370 g/mol. The first kappa shape index (κ1) is 76.1. The zero-order chi connectivity index (χ0) is 69.4. The number of hydrogen-bond acceptors (Lipinski definition) is 8. The molecule has 4 aromatic carbocycles. The zero-order valence-electron chi connectivity index (χ0n) is 54.2. The van der Waals surface area contributed by atoms with Crippen molar-refractivity contribution in [3.05, 3.63) is 134 Å². The zero-order valence-corrected chi connectivity index (χ0v) is 55.0. The second-order valence-corrected chi connectivity index (χ2v) is 30.4. The summed E-state index contributed by atoms with van der Waals surface area (Å²) in [4.78, 5) is 54.3. The van der Waals surface area contributed by atoms with Gasteiger partial charge in [0.1, 0.15) is 0 Å². The molecule has 3 atom stereocenters. The summed E-state index contributed by atoms with van der Waals surface area (Å²) in [7, 11) is -3.57. The maximum atomic E-state index is 13.1. The molecule has 0 bridgehead atoms. The monoisotopic (exact) mass is 1370 g/mol. The van der Waals surface area contributed by atoms with Gasteiger partial charge in [-0.15, -0.1) is 0 Å². The standard InChI is InChI=1S/C23H30F6N2O.C23H25F3N2O3S.C22H30F3N3O2.CH4/c1-20(2,3)4-7-31-8-5-21(6-9-31)14-18(21)30-19(32)12-15-10-16(22(24,25)26)13-17(11-15)23(27,28)29;1-15-3-5-19(6-4-15)32(30,31)28-9-7-22(8-10-28)14-20(22)27-21(29)17-11-16(2)12-18(13-17)23(24,25)26;1-14(2)12-26-19(29)13-28-6-4-21(5-7-28)11-18(21)27-20(30)16-8-15(3)9-17(10-16)22(23,24)25;/h10-11,13,18H,4-9,12,14H2,1-3H3,(H,30,32);3-6,11-13,20H,7-10,14H2,1-2H3,(H,27,29);8-10,14,18H,4-7,11-13H2,1-3H3,(H,26,29)(H,27,30);1H4. The summed E-state index contributed by atoms with van der Waals surface area (Å²) in [6.45, 7) is 21.9. The molecular formula is C69H89F12N7O6S. The topological polar surface area (TPSA) is 160 Å². The minimum Gasteiger partial charge on any atom is -0.355 e. The Balaban J connectivity index is 0.000000200. The molecule has 4 aromatic rings. The largest absolute Gasteiger partial charge is 0.416 e. The van der Waals surface area contributed by atoms with Crippen LogP contribution in [0.5, 0.6) is 0 Å². The maximum absolute atomic E-state index is 13.1. The molecule has 95 heavy (non-hydrogen) atoms. The average Bonchev–Trinajstić information content (AvgIpc) is 1.61. The summed E-state index contributed by atoms with van der Waals surface area (Å²) in [5.74, 6) is -1.10. The second-order valence-electron chi connectivity index (χ2n) is 28.5. The van der Waals surface area contributed by atoms with Crippen LogP contribution in [0.1, 0.15) is 171 Å². The number of halogens is 12. The van der Waals surface area contributed by atoms with Crippen molar-refractivity contribution in [1.82, 2.24) is 35.4 Å². The first-order valence-electron chi connectivity index (χ1n) is 31.8. The summed E-state index contributed by atoms with van der Waals surface area (Å²) < 4.78 is 184. The Hall–Kier alpha value is -6.25. The van der Waals surface area contributed by atoms with E-state index in [2.05, 4.69) is 51.8 Å². The molecule has 4 amide bonds. The molecule has 13 nitrogen and oxygen atoms in total. The molecule has 0 radical (unpaired) electrons. The van der Waals surface area contributed by atoms with Gasteiger partial charge in [-0.3, -0.25) is 24.1 Å². The van der Waals surface area contributed by atoms with E-state index in [0.717, 1.165) is 107 Å². The summed E-state index contributed by atoms with van der Waals surface area (Å²) in [6.07, 6.45) is -11.1. The lowest BCUT2D eigenvalue weighted by Gasteiger charge is -2.34. The summed E-state index contributed by atoms with van der Waals surface area (Å²) >= 11 is 0. The predicted octanol–water partition coefficient (Wildman–Crippen LogP) is 14.0. The molecule has 3 spiro atoms. The highest BCUT2D eigenvalue weighted by Gasteiger charge is 2.58. The fourth-order valence-corrected chi connectivity index (χ4v) is 14.4. The molecule has 3 saturated heterocycles. The lowest BCUT2D eigenvalue weighted by Crippen LogP contribution is -2.44. The summed E-state index contributed by atoms with van der Waals surface area (Å²) in [6, 6.07) is 14.6. The molecule has 6 aliphatic rings. The molecule has 6 fully saturated rings. The molecule has 3 aliphatic heterocycles. The molecule has 4 N–H and O–H groups in total. The van der Waals surface area contributed by atoms with Crippen LogP contribution >= 0.6 is 0 Å². The minimum atomic E-state index is -4.92. The molecular weight excluding hydrogens is 1280 g/mol. The van der Waals surface area contributed by atoms with Gasteiger partial charge >= 0.3 is 24.7 Å². The van der Waals surface area contributed by atoms with Crippen molar-refractivity contribution < 1.29 is 80.3 Å². The lowest BCUT2D eigenvalue weighted by molar-refractivity contribution is -0.143. The van der Waals surface area contributed by atoms with Crippen LogP contribution < -0.4 is 21.3 Å². The lowest BCUT2D eigenvalue weighted by atomic mass is 9.89. The normalized spacial score (nSPS) is 20.9. The van der Waals surface area contributed by atoms with E-state index in [1.165, 1.54) is 23.4 Å². The van der Waals surface area contributed by atoms with Crippen LogP contribution in [0.4, 0.5) is 52.7 Å². The minimum absolute atomic E-state index is 0. The number of nitrogens with zero attached hydrogens (tertiary/aromatic N) is 3. The highest BCUT2D eigenvalue weighted by atomic mass is 32.2. The quantitative estimate of drug-likeness (QED) is 0.0856. The van der Waals surface area contributed by atoms with E-state index in [-0.39, 0.29) is 80.8 Å². The number of rotatable bonds is 15. The number of nitrogens with one attached hydrogen (secondary N) is 4. The van der Waals surface area contributed by atoms with Gasteiger partial charge in [-0.05, 0) is 229 Å². The Morgan fingerprint density at radius 3 is 1.31 bits per heavy atom. The Kier molecular flexibility index (Phi) is 23.3. The molecule has 3 unspecified atom stereocenters. The van der Waals surface area contributed by atoms with E-state index < -0.39 is 81.1 Å². The SMILES string of the molecule is C.CC(C)(C)CCN1CCC2(CC1)CC2NC(=O)Cc1cc(C(F)(F)F)cc(C(F)(F)F)c1.Cc1cc(C(=O)NC2CC23CCN(CC(=O)NCC(C)C)CC3)cc(C(F)(F)F)c1.Cc1ccc(S(=O)(=O)N2CCC3(CC2)CC3NC(=O)c2cc(C)cc(C(F)(F)F)c2)cc1. The van der Waals surface area contributed by atoms with Crippen molar-refractivity contribution in [1.29, 1.82) is 0 Å². The third-order valence-electron chi connectivity index (χ3n) is 19.2. The fourth-order valence-electron chi connectivity index (χ4n) is 13.0. The molecule has 3 heterocycles. The number of benzene rings is 4. The maximum Gasteiger partial charge on any atom is 0.416 e.